The normalized spacial score (nSPS) is 21.7. The van der Waals surface area contributed by atoms with Gasteiger partial charge in [-0.2, -0.15) is 5.26 Å². The molecule has 0 spiro atoms. The van der Waals surface area contributed by atoms with Crippen molar-refractivity contribution in [3.05, 3.63) is 47.5 Å². The van der Waals surface area contributed by atoms with Crippen LogP contribution in [0.15, 0.2) is 30.6 Å². The highest BCUT2D eigenvalue weighted by Crippen LogP contribution is 2.26. The highest BCUT2D eigenvalue weighted by Gasteiger charge is 2.36. The predicted octanol–water partition coefficient (Wildman–Crippen LogP) is 1.28. The lowest BCUT2D eigenvalue weighted by Crippen LogP contribution is -2.36. The minimum Gasteiger partial charge on any atom is -0.303 e. The maximum atomic E-state index is 14.3. The van der Waals surface area contributed by atoms with Gasteiger partial charge in [0.25, 0.3) is 0 Å². The second-order valence-electron chi connectivity index (χ2n) is 6.07. The molecule has 3 rings (SSSR count). The van der Waals surface area contributed by atoms with E-state index in [-0.39, 0.29) is 17.6 Å². The van der Waals surface area contributed by atoms with E-state index < -0.39 is 5.82 Å². The van der Waals surface area contributed by atoms with Crippen LogP contribution >= 0.6 is 0 Å². The van der Waals surface area contributed by atoms with E-state index in [0.717, 1.165) is 13.1 Å². The van der Waals surface area contributed by atoms with Crippen molar-refractivity contribution < 1.29 is 4.39 Å². The fourth-order valence-electron chi connectivity index (χ4n) is 3.17. The zero-order chi connectivity index (χ0) is 16.4. The Bertz CT molecular complexity index is 706. The van der Waals surface area contributed by atoms with Gasteiger partial charge in [0.15, 0.2) is 0 Å². The Balaban J connectivity index is 1.79. The first-order chi connectivity index (χ1) is 11.1. The Morgan fingerprint density at radius 1 is 1.39 bits per heavy atom. The van der Waals surface area contributed by atoms with Crippen LogP contribution in [-0.4, -0.2) is 58.0 Å². The Morgan fingerprint density at radius 3 is 2.87 bits per heavy atom. The lowest BCUT2D eigenvalue weighted by atomic mass is 10.1. The van der Waals surface area contributed by atoms with Crippen molar-refractivity contribution in [3.8, 4) is 6.07 Å². The molecule has 0 N–H and O–H groups in total. The summed E-state index contributed by atoms with van der Waals surface area (Å²) in [5.74, 6) is -0.416. The lowest BCUT2D eigenvalue weighted by molar-refractivity contribution is 0.237. The molecule has 0 unspecified atom stereocenters. The first-order valence-corrected chi connectivity index (χ1v) is 7.52. The summed E-state index contributed by atoms with van der Waals surface area (Å²) in [5.41, 5.74) is 0.652. The second-order valence-corrected chi connectivity index (χ2v) is 6.07. The van der Waals surface area contributed by atoms with E-state index in [1.54, 1.807) is 18.3 Å². The average molecular weight is 314 g/mol. The highest BCUT2D eigenvalue weighted by atomic mass is 19.1. The molecule has 2 heterocycles. The monoisotopic (exact) mass is 314 g/mol. The van der Waals surface area contributed by atoms with E-state index in [9.17, 15) is 4.39 Å². The summed E-state index contributed by atoms with van der Waals surface area (Å²) in [5, 5.41) is 17.0. The fourth-order valence-corrected chi connectivity index (χ4v) is 3.17. The van der Waals surface area contributed by atoms with E-state index in [0.29, 0.717) is 12.1 Å². The Kier molecular flexibility index (Phi) is 4.37. The molecule has 2 atom stereocenters. The van der Waals surface area contributed by atoms with Crippen molar-refractivity contribution in [2.75, 3.05) is 27.2 Å². The molecule has 1 aliphatic heterocycles. The van der Waals surface area contributed by atoms with Gasteiger partial charge in [0.1, 0.15) is 11.9 Å². The first kappa shape index (κ1) is 15.6. The second kappa shape index (κ2) is 6.44. The maximum Gasteiger partial charge on any atom is 0.145 e. The summed E-state index contributed by atoms with van der Waals surface area (Å²) in [6, 6.07) is 7.32. The van der Waals surface area contributed by atoms with Crippen LogP contribution in [0.2, 0.25) is 0 Å². The lowest BCUT2D eigenvalue weighted by Gasteiger charge is -2.24. The van der Waals surface area contributed by atoms with E-state index in [4.69, 9.17) is 5.26 Å². The molecule has 1 saturated heterocycles. The maximum absolute atomic E-state index is 14.3. The third kappa shape index (κ3) is 3.09. The third-order valence-electron chi connectivity index (χ3n) is 4.37. The van der Waals surface area contributed by atoms with Gasteiger partial charge in [-0.15, -0.1) is 5.10 Å². The fraction of sp³-hybridized carbons (Fsp3) is 0.438. The molecule has 1 fully saturated rings. The van der Waals surface area contributed by atoms with Crippen LogP contribution in [-0.2, 0) is 6.54 Å². The van der Waals surface area contributed by atoms with Crippen LogP contribution in [0, 0.1) is 17.1 Å². The van der Waals surface area contributed by atoms with Gasteiger partial charge in [-0.3, -0.25) is 4.90 Å². The quantitative estimate of drug-likeness (QED) is 0.851. The van der Waals surface area contributed by atoms with Crippen molar-refractivity contribution >= 4 is 0 Å². The number of hydrogen-bond acceptors (Lipinski definition) is 5. The van der Waals surface area contributed by atoms with Gasteiger partial charge >= 0.3 is 0 Å². The SMILES string of the molecule is CN(C)[C@@H]1CN(Cc2cccc(C#N)c2F)C[C@@H]1n1ccnn1. The minimum atomic E-state index is -0.416. The van der Waals surface area contributed by atoms with E-state index in [1.807, 2.05) is 31.0 Å². The third-order valence-corrected chi connectivity index (χ3v) is 4.37. The molecule has 1 aliphatic rings. The number of benzene rings is 1. The van der Waals surface area contributed by atoms with Gasteiger partial charge < -0.3 is 4.90 Å². The number of halogens is 1. The zero-order valence-electron chi connectivity index (χ0n) is 13.2. The summed E-state index contributed by atoms with van der Waals surface area (Å²) >= 11 is 0. The van der Waals surface area contributed by atoms with Gasteiger partial charge in [0.05, 0.1) is 17.8 Å². The molecular weight excluding hydrogens is 295 g/mol. The standard InChI is InChI=1S/C16H19FN6/c1-21(2)14-10-22(11-15(14)23-7-6-19-20-23)9-13-5-3-4-12(8-18)16(13)17/h3-7,14-15H,9-11H2,1-2H3/t14-,15+/m1/s1. The summed E-state index contributed by atoms with van der Waals surface area (Å²) < 4.78 is 16.1. The van der Waals surface area contributed by atoms with Crippen molar-refractivity contribution in [1.29, 1.82) is 5.26 Å². The van der Waals surface area contributed by atoms with Crippen LogP contribution < -0.4 is 0 Å². The number of rotatable bonds is 4. The molecule has 1 aromatic heterocycles. The molecule has 2 aromatic rings. The minimum absolute atomic E-state index is 0.0960. The number of nitriles is 1. The Hall–Kier alpha value is -2.30. The molecule has 0 radical (unpaired) electrons. The number of likely N-dealkylation sites (tertiary alicyclic amines) is 1. The van der Waals surface area contributed by atoms with Crippen LogP contribution in [0.3, 0.4) is 0 Å². The largest absolute Gasteiger partial charge is 0.303 e. The summed E-state index contributed by atoms with van der Waals surface area (Å²) in [6.07, 6.45) is 3.53. The molecule has 0 saturated carbocycles. The van der Waals surface area contributed by atoms with Gasteiger partial charge in [0, 0.05) is 37.4 Å². The number of hydrogen-bond donors (Lipinski definition) is 0. The molecule has 0 aliphatic carbocycles. The van der Waals surface area contributed by atoms with Crippen molar-refractivity contribution in [1.82, 2.24) is 24.8 Å². The van der Waals surface area contributed by atoms with Crippen molar-refractivity contribution in [3.63, 3.8) is 0 Å². The predicted molar refractivity (Wildman–Crippen MR) is 82.9 cm³/mol. The van der Waals surface area contributed by atoms with E-state index >= 15 is 0 Å². The molecule has 0 amide bonds. The topological polar surface area (TPSA) is 61.0 Å². The molecular formula is C16H19FN6. The molecule has 6 nitrogen and oxygen atoms in total. The first-order valence-electron chi connectivity index (χ1n) is 7.52. The zero-order valence-corrected chi connectivity index (χ0v) is 13.2. The summed E-state index contributed by atoms with van der Waals surface area (Å²) in [6.45, 7) is 2.06. The number of nitrogens with zero attached hydrogens (tertiary/aromatic N) is 6. The smallest absolute Gasteiger partial charge is 0.145 e. The number of aromatic nitrogens is 3. The van der Waals surface area contributed by atoms with E-state index in [1.165, 1.54) is 6.07 Å². The molecule has 7 heteroatoms. The Morgan fingerprint density at radius 2 is 2.22 bits per heavy atom. The molecule has 1 aromatic carbocycles. The van der Waals surface area contributed by atoms with Crippen molar-refractivity contribution in [2.24, 2.45) is 0 Å². The highest BCUT2D eigenvalue weighted by molar-refractivity contribution is 5.35. The molecule has 0 bridgehead atoms. The summed E-state index contributed by atoms with van der Waals surface area (Å²) in [7, 11) is 4.07. The van der Waals surface area contributed by atoms with Gasteiger partial charge in [-0.05, 0) is 20.2 Å². The molecule has 23 heavy (non-hydrogen) atoms. The van der Waals surface area contributed by atoms with Crippen LogP contribution in [0.25, 0.3) is 0 Å². The average Bonchev–Trinajstić information content (AvgIpc) is 3.18. The number of likely N-dealkylation sites (N-methyl/N-ethyl adjacent to an activating group) is 1. The van der Waals surface area contributed by atoms with E-state index in [2.05, 4.69) is 20.1 Å². The van der Waals surface area contributed by atoms with Gasteiger partial charge in [-0.25, -0.2) is 9.07 Å². The van der Waals surface area contributed by atoms with Gasteiger partial charge in [-0.1, -0.05) is 17.3 Å². The van der Waals surface area contributed by atoms with Crippen LogP contribution in [0.4, 0.5) is 4.39 Å². The summed E-state index contributed by atoms with van der Waals surface area (Å²) in [4.78, 5) is 4.35. The van der Waals surface area contributed by atoms with Crippen LogP contribution in [0.1, 0.15) is 17.2 Å². The van der Waals surface area contributed by atoms with Gasteiger partial charge in [0.2, 0.25) is 0 Å². The van der Waals surface area contributed by atoms with Crippen molar-refractivity contribution in [2.45, 2.75) is 18.6 Å². The Labute approximate surface area is 134 Å². The van der Waals surface area contributed by atoms with Crippen LogP contribution in [0.5, 0.6) is 0 Å². The molecule has 120 valence electrons.